The fourth-order valence-corrected chi connectivity index (χ4v) is 4.14. The molecule has 0 spiro atoms. The summed E-state index contributed by atoms with van der Waals surface area (Å²) in [5.41, 5.74) is 0.0651. The molecule has 2 heterocycles. The number of benzene rings is 1. The molecule has 166 valence electrons. The lowest BCUT2D eigenvalue weighted by Gasteiger charge is -2.15. The highest BCUT2D eigenvalue weighted by atomic mass is 32.1. The third-order valence-corrected chi connectivity index (χ3v) is 5.71. The molecule has 0 saturated heterocycles. The molecular weight excluding hydrogens is 422 g/mol. The number of amides is 1. The first-order valence-electron chi connectivity index (χ1n) is 9.75. The smallest absolute Gasteiger partial charge is 0.332 e. The summed E-state index contributed by atoms with van der Waals surface area (Å²) in [6.45, 7) is 2.06. The molecule has 0 aliphatic carbocycles. The molecule has 2 aromatic heterocycles. The van der Waals surface area contributed by atoms with Crippen molar-refractivity contribution in [2.45, 2.75) is 32.9 Å². The van der Waals surface area contributed by atoms with Gasteiger partial charge in [-0.2, -0.15) is 0 Å². The van der Waals surface area contributed by atoms with Crippen LogP contribution in [0.2, 0.25) is 0 Å². The Hall–Kier alpha value is -3.27. The quantitative estimate of drug-likeness (QED) is 0.541. The third kappa shape index (κ3) is 4.43. The van der Waals surface area contributed by atoms with E-state index in [0.29, 0.717) is 46.1 Å². The summed E-state index contributed by atoms with van der Waals surface area (Å²) in [4.78, 5) is 38.4. The molecule has 1 N–H and O–H groups in total. The van der Waals surface area contributed by atoms with Crippen molar-refractivity contribution in [3.05, 3.63) is 44.4 Å². The highest BCUT2D eigenvalue weighted by molar-refractivity contribution is 7.17. The topological polar surface area (TPSA) is 101 Å². The molecule has 0 fully saturated rings. The minimum absolute atomic E-state index is 0.241. The standard InChI is InChI=1S/C21H25N3O6S/c1-5-6-8-23-20(26)19-14(7-9-31-19)24(21(23)27)12-17(25)22-13-10-15(28-2)18(30-4)16(11-13)29-3/h7,9-11H,5-6,8,12H2,1-4H3,(H,22,25). The Morgan fingerprint density at radius 2 is 1.74 bits per heavy atom. The van der Waals surface area contributed by atoms with Crippen LogP contribution >= 0.6 is 11.3 Å². The molecule has 1 amide bonds. The van der Waals surface area contributed by atoms with E-state index in [1.807, 2.05) is 6.92 Å². The van der Waals surface area contributed by atoms with E-state index >= 15 is 0 Å². The molecule has 9 nitrogen and oxygen atoms in total. The lowest BCUT2D eigenvalue weighted by Crippen LogP contribution is -2.41. The number of ether oxygens (including phenoxy) is 3. The lowest BCUT2D eigenvalue weighted by molar-refractivity contribution is -0.116. The summed E-state index contributed by atoms with van der Waals surface area (Å²) in [5.74, 6) is 0.761. The van der Waals surface area contributed by atoms with Gasteiger partial charge in [0.25, 0.3) is 5.56 Å². The van der Waals surface area contributed by atoms with Gasteiger partial charge in [0, 0.05) is 24.4 Å². The van der Waals surface area contributed by atoms with E-state index in [1.54, 1.807) is 23.6 Å². The summed E-state index contributed by atoms with van der Waals surface area (Å²) in [6.07, 6.45) is 1.54. The molecule has 31 heavy (non-hydrogen) atoms. The number of carbonyl (C=O) groups excluding carboxylic acids is 1. The number of nitrogens with zero attached hydrogens (tertiary/aromatic N) is 2. The van der Waals surface area contributed by atoms with Crippen LogP contribution in [0.25, 0.3) is 10.2 Å². The number of methoxy groups -OCH3 is 3. The molecule has 0 bridgehead atoms. The largest absolute Gasteiger partial charge is 0.493 e. The van der Waals surface area contributed by atoms with Crippen LogP contribution in [0.4, 0.5) is 5.69 Å². The zero-order valence-electron chi connectivity index (χ0n) is 17.9. The first kappa shape index (κ1) is 22.4. The van der Waals surface area contributed by atoms with Crippen LogP contribution in [0, 0.1) is 0 Å². The maximum Gasteiger partial charge on any atom is 0.332 e. The lowest BCUT2D eigenvalue weighted by atomic mass is 10.2. The molecule has 10 heteroatoms. The highest BCUT2D eigenvalue weighted by Crippen LogP contribution is 2.39. The first-order valence-corrected chi connectivity index (χ1v) is 10.6. The molecule has 0 atom stereocenters. The zero-order valence-corrected chi connectivity index (χ0v) is 18.7. The van der Waals surface area contributed by atoms with E-state index in [9.17, 15) is 14.4 Å². The van der Waals surface area contributed by atoms with Crippen molar-refractivity contribution in [3.63, 3.8) is 0 Å². The van der Waals surface area contributed by atoms with E-state index in [0.717, 1.165) is 6.42 Å². The maximum absolute atomic E-state index is 13.0. The molecule has 0 unspecified atom stereocenters. The van der Waals surface area contributed by atoms with Crippen molar-refractivity contribution in [2.75, 3.05) is 26.6 Å². The van der Waals surface area contributed by atoms with Gasteiger partial charge in [-0.1, -0.05) is 13.3 Å². The van der Waals surface area contributed by atoms with Crippen molar-refractivity contribution in [2.24, 2.45) is 0 Å². The fraction of sp³-hybridized carbons (Fsp3) is 0.381. The van der Waals surface area contributed by atoms with Gasteiger partial charge < -0.3 is 19.5 Å². The van der Waals surface area contributed by atoms with Gasteiger partial charge in [-0.3, -0.25) is 18.7 Å². The van der Waals surface area contributed by atoms with Crippen LogP contribution in [0.1, 0.15) is 19.8 Å². The molecular formula is C21H25N3O6S. The highest BCUT2D eigenvalue weighted by Gasteiger charge is 2.18. The second-order valence-electron chi connectivity index (χ2n) is 6.78. The average molecular weight is 448 g/mol. The number of unbranched alkanes of at least 4 members (excludes halogenated alkanes) is 1. The molecule has 0 radical (unpaired) electrons. The van der Waals surface area contributed by atoms with Crippen molar-refractivity contribution >= 4 is 33.1 Å². The van der Waals surface area contributed by atoms with Crippen LogP contribution in [0.3, 0.4) is 0 Å². The third-order valence-electron chi connectivity index (χ3n) is 4.82. The van der Waals surface area contributed by atoms with Crippen molar-refractivity contribution in [1.82, 2.24) is 9.13 Å². The minimum atomic E-state index is -0.496. The Kier molecular flexibility index (Phi) is 7.01. The summed E-state index contributed by atoms with van der Waals surface area (Å²) in [7, 11) is 4.45. The van der Waals surface area contributed by atoms with Gasteiger partial charge >= 0.3 is 5.69 Å². The van der Waals surface area contributed by atoms with Gasteiger partial charge in [-0.15, -0.1) is 11.3 Å². The number of carbonyl (C=O) groups is 1. The normalized spacial score (nSPS) is 10.8. The van der Waals surface area contributed by atoms with Gasteiger partial charge in [0.05, 0.1) is 26.8 Å². The summed E-state index contributed by atoms with van der Waals surface area (Å²) >= 11 is 1.26. The second kappa shape index (κ2) is 9.69. The number of rotatable bonds is 9. The van der Waals surface area contributed by atoms with E-state index in [-0.39, 0.29) is 12.1 Å². The Morgan fingerprint density at radius 3 is 2.32 bits per heavy atom. The van der Waals surface area contributed by atoms with Crippen molar-refractivity contribution in [1.29, 1.82) is 0 Å². The summed E-state index contributed by atoms with van der Waals surface area (Å²) in [6, 6.07) is 4.88. The van der Waals surface area contributed by atoms with E-state index < -0.39 is 11.6 Å². The molecule has 3 rings (SSSR count). The van der Waals surface area contributed by atoms with Crippen LogP contribution in [0.15, 0.2) is 33.2 Å². The van der Waals surface area contributed by atoms with E-state index in [1.165, 1.54) is 41.8 Å². The van der Waals surface area contributed by atoms with Gasteiger partial charge in [0.15, 0.2) is 11.5 Å². The Morgan fingerprint density at radius 1 is 1.06 bits per heavy atom. The van der Waals surface area contributed by atoms with Crippen LogP contribution in [-0.4, -0.2) is 36.4 Å². The van der Waals surface area contributed by atoms with Crippen molar-refractivity contribution in [3.8, 4) is 17.2 Å². The number of nitrogens with one attached hydrogen (secondary N) is 1. The molecule has 0 aliphatic rings. The predicted octanol–water partition coefficient (Wildman–Crippen LogP) is 2.69. The number of hydrogen-bond donors (Lipinski definition) is 1. The molecule has 3 aromatic rings. The number of hydrogen-bond acceptors (Lipinski definition) is 7. The van der Waals surface area contributed by atoms with Gasteiger partial charge in [0.2, 0.25) is 11.7 Å². The number of fused-ring (bicyclic) bond motifs is 1. The average Bonchev–Trinajstić information content (AvgIpc) is 3.26. The second-order valence-corrected chi connectivity index (χ2v) is 7.69. The number of aromatic nitrogens is 2. The van der Waals surface area contributed by atoms with Gasteiger partial charge in [0.1, 0.15) is 11.2 Å². The summed E-state index contributed by atoms with van der Waals surface area (Å²) < 4.78 is 18.9. The maximum atomic E-state index is 13.0. The molecule has 0 saturated carbocycles. The van der Waals surface area contributed by atoms with Crippen LogP contribution < -0.4 is 30.8 Å². The first-order chi connectivity index (χ1) is 14.9. The van der Waals surface area contributed by atoms with Crippen molar-refractivity contribution < 1.29 is 19.0 Å². The number of anilines is 1. The minimum Gasteiger partial charge on any atom is -0.493 e. The fourth-order valence-electron chi connectivity index (χ4n) is 3.30. The van der Waals surface area contributed by atoms with Gasteiger partial charge in [-0.25, -0.2) is 4.79 Å². The predicted molar refractivity (Wildman–Crippen MR) is 120 cm³/mol. The number of thiophene rings is 1. The van der Waals surface area contributed by atoms with Crippen LogP contribution in [0.5, 0.6) is 17.2 Å². The Bertz CT molecular complexity index is 1190. The van der Waals surface area contributed by atoms with E-state index in [2.05, 4.69) is 5.32 Å². The monoisotopic (exact) mass is 447 g/mol. The Labute approximate surface area is 182 Å². The van der Waals surface area contributed by atoms with E-state index in [4.69, 9.17) is 14.2 Å². The van der Waals surface area contributed by atoms with Crippen LogP contribution in [-0.2, 0) is 17.9 Å². The Balaban J connectivity index is 1.95. The SMILES string of the molecule is CCCCn1c(=O)c2sccc2n(CC(=O)Nc2cc(OC)c(OC)c(OC)c2)c1=O. The molecule has 0 aliphatic heterocycles. The zero-order chi connectivity index (χ0) is 22.5. The summed E-state index contributed by atoms with van der Waals surface area (Å²) in [5, 5.41) is 4.49. The van der Waals surface area contributed by atoms with Gasteiger partial charge in [-0.05, 0) is 17.9 Å². The molecule has 1 aromatic carbocycles.